The molecule has 0 spiro atoms. The van der Waals surface area contributed by atoms with Gasteiger partial charge in [-0.1, -0.05) is 51.8 Å². The van der Waals surface area contributed by atoms with Gasteiger partial charge in [0.15, 0.2) is 0 Å². The maximum Gasteiger partial charge on any atom is 0.128 e. The van der Waals surface area contributed by atoms with Crippen molar-refractivity contribution in [2.24, 2.45) is 5.73 Å². The Hall–Kier alpha value is -0.940. The molecule has 2 aromatic carbocycles. The van der Waals surface area contributed by atoms with E-state index in [1.807, 2.05) is 12.1 Å². The molecule has 2 nitrogen and oxygen atoms in total. The van der Waals surface area contributed by atoms with Crippen molar-refractivity contribution in [2.45, 2.75) is 12.0 Å². The molecule has 0 bridgehead atoms. The van der Waals surface area contributed by atoms with Crippen molar-refractivity contribution in [1.29, 1.82) is 0 Å². The molecule has 0 aliphatic carbocycles. The molecule has 2 rings (SSSR count). The highest BCUT2D eigenvalue weighted by molar-refractivity contribution is 9.10. The molecular weight excluding hydrogens is 345 g/mol. The fourth-order valence-corrected chi connectivity index (χ4v) is 3.02. The second kappa shape index (κ2) is 6.68. The fourth-order valence-electron chi connectivity index (χ4n) is 2.20. The largest absolute Gasteiger partial charge is 0.388 e. The van der Waals surface area contributed by atoms with Gasteiger partial charge in [-0.25, -0.2) is 4.39 Å². The van der Waals surface area contributed by atoms with E-state index in [1.54, 1.807) is 18.2 Å². The summed E-state index contributed by atoms with van der Waals surface area (Å²) in [5, 5.41) is 10.8. The molecule has 0 saturated heterocycles. The first kappa shape index (κ1) is 15.4. The Morgan fingerprint density at radius 2 is 1.90 bits per heavy atom. The van der Waals surface area contributed by atoms with Gasteiger partial charge in [-0.15, -0.1) is 0 Å². The van der Waals surface area contributed by atoms with Crippen molar-refractivity contribution >= 4 is 27.5 Å². The number of aliphatic hydroxyl groups excluding tert-OH is 1. The first-order valence-electron chi connectivity index (χ1n) is 6.12. The minimum Gasteiger partial charge on any atom is -0.388 e. The Balaban J connectivity index is 2.45. The van der Waals surface area contributed by atoms with Gasteiger partial charge in [0.1, 0.15) is 5.82 Å². The summed E-state index contributed by atoms with van der Waals surface area (Å²) in [5.74, 6) is -1.07. The lowest BCUT2D eigenvalue weighted by molar-refractivity contribution is 0.145. The van der Waals surface area contributed by atoms with Crippen LogP contribution >= 0.6 is 27.5 Å². The lowest BCUT2D eigenvalue weighted by Gasteiger charge is -2.24. The Kier molecular flexibility index (Phi) is 5.16. The Bertz CT molecular complexity index is 588. The van der Waals surface area contributed by atoms with Crippen LogP contribution in [0.5, 0.6) is 0 Å². The summed E-state index contributed by atoms with van der Waals surface area (Å²) >= 11 is 9.43. The molecule has 106 valence electrons. The summed E-state index contributed by atoms with van der Waals surface area (Å²) < 4.78 is 14.7. The molecule has 20 heavy (non-hydrogen) atoms. The van der Waals surface area contributed by atoms with Crippen LogP contribution in [0.2, 0.25) is 5.02 Å². The Morgan fingerprint density at radius 3 is 2.50 bits per heavy atom. The second-order valence-corrected chi connectivity index (χ2v) is 5.71. The summed E-state index contributed by atoms with van der Waals surface area (Å²) in [6.07, 6.45) is -0.940. The predicted molar refractivity (Wildman–Crippen MR) is 82.3 cm³/mol. The molecular formula is C15H14BrClFNO. The van der Waals surface area contributed by atoms with Crippen LogP contribution in [0, 0.1) is 5.82 Å². The third-order valence-corrected chi connectivity index (χ3v) is 4.28. The van der Waals surface area contributed by atoms with Crippen LogP contribution in [-0.2, 0) is 0 Å². The van der Waals surface area contributed by atoms with Crippen molar-refractivity contribution in [1.82, 2.24) is 0 Å². The molecule has 0 aromatic heterocycles. The van der Waals surface area contributed by atoms with Crippen molar-refractivity contribution in [2.75, 3.05) is 6.54 Å². The van der Waals surface area contributed by atoms with E-state index < -0.39 is 17.8 Å². The number of nitrogens with two attached hydrogens (primary N) is 1. The van der Waals surface area contributed by atoms with Crippen LogP contribution in [0.1, 0.15) is 23.1 Å². The lowest BCUT2D eigenvalue weighted by atomic mass is 9.89. The zero-order valence-electron chi connectivity index (χ0n) is 10.6. The molecule has 0 amide bonds. The number of hydrogen-bond acceptors (Lipinski definition) is 2. The minimum atomic E-state index is -0.940. The topological polar surface area (TPSA) is 46.2 Å². The third kappa shape index (κ3) is 3.04. The third-order valence-electron chi connectivity index (χ3n) is 3.23. The smallest absolute Gasteiger partial charge is 0.128 e. The normalized spacial score (nSPS) is 14.1. The number of hydrogen-bond donors (Lipinski definition) is 2. The summed E-state index contributed by atoms with van der Waals surface area (Å²) in [5.41, 5.74) is 6.64. The Morgan fingerprint density at radius 1 is 1.20 bits per heavy atom. The van der Waals surface area contributed by atoms with E-state index in [0.717, 1.165) is 4.47 Å². The van der Waals surface area contributed by atoms with Gasteiger partial charge >= 0.3 is 0 Å². The van der Waals surface area contributed by atoms with Crippen LogP contribution in [0.3, 0.4) is 0 Å². The van der Waals surface area contributed by atoms with E-state index >= 15 is 0 Å². The molecule has 0 aliphatic heterocycles. The minimum absolute atomic E-state index is 0.0865. The van der Waals surface area contributed by atoms with E-state index in [9.17, 15) is 9.50 Å². The van der Waals surface area contributed by atoms with Gasteiger partial charge in [-0.2, -0.15) is 0 Å². The number of benzene rings is 2. The molecule has 0 aliphatic rings. The van der Waals surface area contributed by atoms with Crippen molar-refractivity contribution in [3.05, 3.63) is 68.9 Å². The molecule has 0 saturated carbocycles. The van der Waals surface area contributed by atoms with Gasteiger partial charge in [0.05, 0.1) is 6.10 Å². The van der Waals surface area contributed by atoms with E-state index in [1.165, 1.54) is 12.1 Å². The maximum absolute atomic E-state index is 14.0. The SMILES string of the molecule is NCC(c1c(F)cccc1Cl)C(O)c1ccccc1Br. The average Bonchev–Trinajstić information content (AvgIpc) is 2.43. The summed E-state index contributed by atoms with van der Waals surface area (Å²) in [6.45, 7) is 0.0865. The zero-order valence-corrected chi connectivity index (χ0v) is 12.9. The highest BCUT2D eigenvalue weighted by Gasteiger charge is 2.27. The average molecular weight is 359 g/mol. The number of rotatable bonds is 4. The van der Waals surface area contributed by atoms with Gasteiger partial charge in [0, 0.05) is 27.5 Å². The van der Waals surface area contributed by atoms with Gasteiger partial charge in [-0.3, -0.25) is 0 Å². The zero-order chi connectivity index (χ0) is 14.7. The molecule has 2 atom stereocenters. The molecule has 2 unspecified atom stereocenters. The lowest BCUT2D eigenvalue weighted by Crippen LogP contribution is -2.22. The van der Waals surface area contributed by atoms with E-state index in [4.69, 9.17) is 17.3 Å². The van der Waals surface area contributed by atoms with Crippen LogP contribution < -0.4 is 5.73 Å². The van der Waals surface area contributed by atoms with E-state index in [2.05, 4.69) is 15.9 Å². The van der Waals surface area contributed by atoms with Gasteiger partial charge in [0.2, 0.25) is 0 Å². The number of aliphatic hydroxyl groups is 1. The van der Waals surface area contributed by atoms with Crippen LogP contribution in [-0.4, -0.2) is 11.7 Å². The van der Waals surface area contributed by atoms with Crippen molar-refractivity contribution < 1.29 is 9.50 Å². The molecule has 0 radical (unpaired) electrons. The summed E-state index contributed by atoms with van der Waals surface area (Å²) in [6, 6.07) is 11.7. The van der Waals surface area contributed by atoms with Crippen molar-refractivity contribution in [3.8, 4) is 0 Å². The quantitative estimate of drug-likeness (QED) is 0.867. The highest BCUT2D eigenvalue weighted by atomic mass is 79.9. The van der Waals surface area contributed by atoms with Crippen LogP contribution in [0.4, 0.5) is 4.39 Å². The number of halogens is 3. The monoisotopic (exact) mass is 357 g/mol. The first-order valence-corrected chi connectivity index (χ1v) is 7.29. The van der Waals surface area contributed by atoms with E-state index in [-0.39, 0.29) is 17.1 Å². The summed E-state index contributed by atoms with van der Waals surface area (Å²) in [7, 11) is 0. The highest BCUT2D eigenvalue weighted by Crippen LogP contribution is 2.37. The molecule has 0 fully saturated rings. The molecule has 2 aromatic rings. The second-order valence-electron chi connectivity index (χ2n) is 4.44. The first-order chi connectivity index (χ1) is 9.56. The van der Waals surface area contributed by atoms with Crippen LogP contribution in [0.25, 0.3) is 0 Å². The van der Waals surface area contributed by atoms with Crippen molar-refractivity contribution in [3.63, 3.8) is 0 Å². The molecule has 0 heterocycles. The fraction of sp³-hybridized carbons (Fsp3) is 0.200. The summed E-state index contributed by atoms with van der Waals surface area (Å²) in [4.78, 5) is 0. The van der Waals surface area contributed by atoms with Gasteiger partial charge in [-0.05, 0) is 23.8 Å². The Labute approximate surface area is 130 Å². The molecule has 5 heteroatoms. The van der Waals surface area contributed by atoms with Crippen LogP contribution in [0.15, 0.2) is 46.9 Å². The predicted octanol–water partition coefficient (Wildman–Crippen LogP) is 4.02. The maximum atomic E-state index is 14.0. The van der Waals surface area contributed by atoms with Gasteiger partial charge in [0.25, 0.3) is 0 Å². The standard InChI is InChI=1S/C15H14BrClFNO/c16-11-5-2-1-4-9(11)15(20)10(8-19)14-12(17)6-3-7-13(14)18/h1-7,10,15,20H,8,19H2. The molecule has 3 N–H and O–H groups in total. The van der Waals surface area contributed by atoms with E-state index in [0.29, 0.717) is 5.56 Å². The van der Waals surface area contributed by atoms with Gasteiger partial charge < -0.3 is 10.8 Å².